The lowest BCUT2D eigenvalue weighted by Gasteiger charge is -2.09. The van der Waals surface area contributed by atoms with Crippen molar-refractivity contribution in [3.05, 3.63) is 10.9 Å². The number of fused-ring (bicyclic) bond motifs is 1. The van der Waals surface area contributed by atoms with Gasteiger partial charge in [-0.1, -0.05) is 0 Å². The first kappa shape index (κ1) is 14.0. The molecule has 0 bridgehead atoms. The number of nitrogens with one attached hydrogen (secondary N) is 1. The summed E-state index contributed by atoms with van der Waals surface area (Å²) in [4.78, 5) is 21.5. The van der Waals surface area contributed by atoms with Crippen molar-refractivity contribution in [1.29, 1.82) is 0 Å². The second-order valence-corrected chi connectivity index (χ2v) is 5.80. The molecule has 2 aromatic heterocycles. The van der Waals surface area contributed by atoms with Gasteiger partial charge in [-0.05, 0) is 18.9 Å². The van der Waals surface area contributed by atoms with Crippen LogP contribution in [-0.4, -0.2) is 42.2 Å². The molecule has 8 heteroatoms. The molecule has 1 fully saturated rings. The maximum Gasteiger partial charge on any atom is 0.261 e. The van der Waals surface area contributed by atoms with Gasteiger partial charge in [-0.3, -0.25) is 4.79 Å². The van der Waals surface area contributed by atoms with Crippen LogP contribution in [0.1, 0.15) is 22.5 Å². The van der Waals surface area contributed by atoms with Crippen molar-refractivity contribution < 1.29 is 14.3 Å². The second kappa shape index (κ2) is 5.82. The number of hydrogen-bond donors (Lipinski definition) is 2. The number of nitrogen functional groups attached to an aromatic ring is 1. The fourth-order valence-corrected chi connectivity index (χ4v) is 3.22. The third-order valence-electron chi connectivity index (χ3n) is 3.31. The number of anilines is 1. The van der Waals surface area contributed by atoms with Crippen molar-refractivity contribution >= 4 is 33.4 Å². The highest BCUT2D eigenvalue weighted by molar-refractivity contribution is 7.20. The second-order valence-electron chi connectivity index (χ2n) is 4.77. The van der Waals surface area contributed by atoms with Crippen LogP contribution < -0.4 is 15.8 Å². The molecular formula is C13H16N4O3S. The van der Waals surface area contributed by atoms with Crippen LogP contribution in [0.25, 0.3) is 10.2 Å². The quantitative estimate of drug-likeness (QED) is 0.880. The zero-order valence-corrected chi connectivity index (χ0v) is 12.4. The first-order valence-electron chi connectivity index (χ1n) is 6.68. The Morgan fingerprint density at radius 3 is 3.19 bits per heavy atom. The zero-order valence-electron chi connectivity index (χ0n) is 11.6. The molecule has 3 heterocycles. The first-order valence-corrected chi connectivity index (χ1v) is 7.50. The number of carbonyl (C=O) groups is 1. The Bertz CT molecular complexity index is 667. The lowest BCUT2D eigenvalue weighted by atomic mass is 10.2. The van der Waals surface area contributed by atoms with E-state index in [9.17, 15) is 4.79 Å². The Hall–Kier alpha value is -1.93. The minimum absolute atomic E-state index is 0.119. The lowest BCUT2D eigenvalue weighted by Crippen LogP contribution is -2.31. The molecule has 3 N–H and O–H groups in total. The summed E-state index contributed by atoms with van der Waals surface area (Å²) in [5.41, 5.74) is 5.61. The summed E-state index contributed by atoms with van der Waals surface area (Å²) in [5, 5.41) is 3.57. The highest BCUT2D eigenvalue weighted by Crippen LogP contribution is 2.30. The van der Waals surface area contributed by atoms with Gasteiger partial charge in [0.05, 0.1) is 23.5 Å². The van der Waals surface area contributed by atoms with Crippen molar-refractivity contribution in [3.63, 3.8) is 0 Å². The third kappa shape index (κ3) is 2.91. The van der Waals surface area contributed by atoms with Gasteiger partial charge in [-0.2, -0.15) is 4.98 Å². The number of nitrogens with zero attached hydrogens (tertiary/aromatic N) is 2. The Morgan fingerprint density at radius 2 is 2.48 bits per heavy atom. The minimum atomic E-state index is -0.144. The fourth-order valence-electron chi connectivity index (χ4n) is 2.28. The van der Waals surface area contributed by atoms with Gasteiger partial charge in [0.1, 0.15) is 4.83 Å². The zero-order chi connectivity index (χ0) is 14.8. The Labute approximate surface area is 125 Å². The predicted molar refractivity (Wildman–Crippen MR) is 79.7 cm³/mol. The van der Waals surface area contributed by atoms with E-state index in [4.69, 9.17) is 15.2 Å². The van der Waals surface area contributed by atoms with Crippen LogP contribution in [0.4, 0.5) is 5.95 Å². The number of thiophene rings is 1. The maximum atomic E-state index is 12.2. The van der Waals surface area contributed by atoms with Crippen LogP contribution in [0.2, 0.25) is 0 Å². The normalized spacial score (nSPS) is 18.0. The van der Waals surface area contributed by atoms with Crippen molar-refractivity contribution in [2.75, 3.05) is 26.0 Å². The Kier molecular flexibility index (Phi) is 3.89. The number of rotatable bonds is 4. The molecule has 3 rings (SSSR count). The molecule has 1 aliphatic heterocycles. The molecule has 0 unspecified atom stereocenters. The number of ether oxygens (including phenoxy) is 2. The lowest BCUT2D eigenvalue weighted by molar-refractivity contribution is 0.0861. The fraction of sp³-hybridized carbons (Fsp3) is 0.462. The number of methoxy groups -OCH3 is 1. The van der Waals surface area contributed by atoms with Gasteiger partial charge in [0.2, 0.25) is 11.8 Å². The molecule has 0 saturated carbocycles. The minimum Gasteiger partial charge on any atom is -0.480 e. The number of hydrogen-bond acceptors (Lipinski definition) is 7. The molecule has 7 nitrogen and oxygen atoms in total. The average molecular weight is 308 g/mol. The first-order chi connectivity index (χ1) is 10.2. The van der Waals surface area contributed by atoms with Gasteiger partial charge in [0.15, 0.2) is 0 Å². The van der Waals surface area contributed by atoms with Gasteiger partial charge >= 0.3 is 0 Å². The molecule has 2 aromatic rings. The van der Waals surface area contributed by atoms with Crippen molar-refractivity contribution in [3.8, 4) is 5.88 Å². The van der Waals surface area contributed by atoms with E-state index in [1.807, 2.05) is 0 Å². The van der Waals surface area contributed by atoms with E-state index >= 15 is 0 Å². The summed E-state index contributed by atoms with van der Waals surface area (Å²) >= 11 is 1.27. The Morgan fingerprint density at radius 1 is 1.62 bits per heavy atom. The predicted octanol–water partition coefficient (Wildman–Crippen LogP) is 1.19. The number of aromatic nitrogens is 2. The molecule has 0 aliphatic carbocycles. The van der Waals surface area contributed by atoms with Crippen LogP contribution in [0.15, 0.2) is 6.07 Å². The summed E-state index contributed by atoms with van der Waals surface area (Å²) in [6, 6.07) is 1.73. The molecule has 1 aliphatic rings. The summed E-state index contributed by atoms with van der Waals surface area (Å²) in [6.07, 6.45) is 2.16. The van der Waals surface area contributed by atoms with Crippen LogP contribution in [0.3, 0.4) is 0 Å². The molecule has 112 valence electrons. The molecule has 1 amide bonds. The van der Waals surface area contributed by atoms with Crippen molar-refractivity contribution in [2.24, 2.45) is 0 Å². The monoisotopic (exact) mass is 308 g/mol. The molecular weight excluding hydrogens is 292 g/mol. The van der Waals surface area contributed by atoms with Gasteiger partial charge in [-0.25, -0.2) is 4.98 Å². The van der Waals surface area contributed by atoms with Gasteiger partial charge in [0, 0.05) is 13.2 Å². The highest BCUT2D eigenvalue weighted by Gasteiger charge is 2.19. The van der Waals surface area contributed by atoms with Crippen LogP contribution in [0.5, 0.6) is 5.88 Å². The van der Waals surface area contributed by atoms with Gasteiger partial charge in [-0.15, -0.1) is 11.3 Å². The molecule has 0 spiro atoms. The standard InChI is InChI=1S/C13H16N4O3S/c1-19-11-8-5-9(21-12(8)17-13(14)16-11)10(18)15-6-7-3-2-4-20-7/h5,7H,2-4,6H2,1H3,(H,15,18)(H2,14,16,17)/t7-/m1/s1. The van der Waals surface area contributed by atoms with Crippen molar-refractivity contribution in [1.82, 2.24) is 15.3 Å². The summed E-state index contributed by atoms with van der Waals surface area (Å²) in [7, 11) is 1.51. The van der Waals surface area contributed by atoms with Crippen LogP contribution >= 0.6 is 11.3 Å². The highest BCUT2D eigenvalue weighted by atomic mass is 32.1. The van der Waals surface area contributed by atoms with E-state index in [0.29, 0.717) is 27.5 Å². The molecule has 0 radical (unpaired) electrons. The molecule has 0 aromatic carbocycles. The summed E-state index contributed by atoms with van der Waals surface area (Å²) in [6.45, 7) is 1.30. The average Bonchev–Trinajstić information content (AvgIpc) is 3.12. The Balaban J connectivity index is 1.78. The summed E-state index contributed by atoms with van der Waals surface area (Å²) in [5.74, 6) is 0.369. The number of carbonyl (C=O) groups excluding carboxylic acids is 1. The van der Waals surface area contributed by atoms with E-state index in [2.05, 4.69) is 15.3 Å². The SMILES string of the molecule is COc1nc(N)nc2sc(C(=O)NC[C@H]3CCCO3)cc12. The van der Waals surface area contributed by atoms with Crippen LogP contribution in [0, 0.1) is 0 Å². The smallest absolute Gasteiger partial charge is 0.261 e. The van der Waals surface area contributed by atoms with E-state index < -0.39 is 0 Å². The molecule has 21 heavy (non-hydrogen) atoms. The topological polar surface area (TPSA) is 99.4 Å². The maximum absolute atomic E-state index is 12.2. The van der Waals surface area contributed by atoms with E-state index in [0.717, 1.165) is 19.4 Å². The summed E-state index contributed by atoms with van der Waals surface area (Å²) < 4.78 is 10.6. The number of nitrogens with two attached hydrogens (primary N) is 1. The van der Waals surface area contributed by atoms with Gasteiger partial charge < -0.3 is 20.5 Å². The van der Waals surface area contributed by atoms with E-state index in [1.54, 1.807) is 6.07 Å². The molecule has 1 saturated heterocycles. The van der Waals surface area contributed by atoms with Crippen molar-refractivity contribution in [2.45, 2.75) is 18.9 Å². The van der Waals surface area contributed by atoms with Crippen LogP contribution in [-0.2, 0) is 4.74 Å². The third-order valence-corrected chi connectivity index (χ3v) is 4.33. The largest absolute Gasteiger partial charge is 0.480 e. The van der Waals surface area contributed by atoms with E-state index in [-0.39, 0.29) is 18.0 Å². The molecule has 1 atom stereocenters. The number of amides is 1. The van der Waals surface area contributed by atoms with E-state index in [1.165, 1.54) is 18.4 Å². The van der Waals surface area contributed by atoms with Gasteiger partial charge in [0.25, 0.3) is 5.91 Å².